The van der Waals surface area contributed by atoms with E-state index in [0.717, 1.165) is 87.1 Å². The molecule has 1 spiro atoms. The zero-order valence-electron chi connectivity index (χ0n) is 23.6. The largest absolute Gasteiger partial charge is 0.347 e. The van der Waals surface area contributed by atoms with E-state index in [9.17, 15) is 14.0 Å². The Labute approximate surface area is 235 Å². The molecule has 1 aliphatic carbocycles. The van der Waals surface area contributed by atoms with Crippen LogP contribution < -0.4 is 5.32 Å². The molecule has 3 aromatic rings. The van der Waals surface area contributed by atoms with Gasteiger partial charge in [-0.15, -0.1) is 0 Å². The fraction of sp³-hybridized carbons (Fsp3) is 0.548. The minimum Gasteiger partial charge on any atom is -0.347 e. The molecule has 1 saturated carbocycles. The van der Waals surface area contributed by atoms with Crippen molar-refractivity contribution in [3.63, 3.8) is 0 Å². The van der Waals surface area contributed by atoms with Crippen molar-refractivity contribution in [2.45, 2.75) is 77.7 Å². The van der Waals surface area contributed by atoms with Crippen molar-refractivity contribution in [2.75, 3.05) is 19.6 Å². The SMILES string of the molecule is CCC(=O)CCCCC[C@H](NC(=O)C1CC12CCN(CC)CC2)c1[nH]c(-c2ccc(F)cc2)nc1-c1cn[nH]c1. The number of aromatic nitrogens is 4. The summed E-state index contributed by atoms with van der Waals surface area (Å²) in [5, 5.41) is 10.4. The minimum absolute atomic E-state index is 0.0491. The Kier molecular flexibility index (Phi) is 8.78. The van der Waals surface area contributed by atoms with Gasteiger partial charge in [-0.3, -0.25) is 14.7 Å². The van der Waals surface area contributed by atoms with E-state index < -0.39 is 0 Å². The fourth-order valence-corrected chi connectivity index (χ4v) is 6.15. The quantitative estimate of drug-likeness (QED) is 0.234. The number of likely N-dealkylation sites (tertiary alicyclic amines) is 1. The van der Waals surface area contributed by atoms with Crippen LogP contribution in [-0.2, 0) is 9.59 Å². The third-order valence-electron chi connectivity index (χ3n) is 8.93. The zero-order chi connectivity index (χ0) is 28.1. The van der Waals surface area contributed by atoms with Gasteiger partial charge in [0.05, 0.1) is 23.6 Å². The lowest BCUT2D eigenvalue weighted by atomic mass is 9.90. The van der Waals surface area contributed by atoms with Gasteiger partial charge in [0.1, 0.15) is 17.4 Å². The van der Waals surface area contributed by atoms with Crippen LogP contribution in [0.5, 0.6) is 0 Å². The first-order valence-electron chi connectivity index (χ1n) is 14.8. The van der Waals surface area contributed by atoms with Gasteiger partial charge in [0.25, 0.3) is 0 Å². The number of carbonyl (C=O) groups excluding carboxylic acids is 2. The van der Waals surface area contributed by atoms with Crippen molar-refractivity contribution in [1.29, 1.82) is 0 Å². The standard InChI is InChI=1S/C31H41FN6O2/c1-3-24(39)8-6-5-7-9-26(35-30(40)25-18-31(25)14-16-38(4-2)17-15-31)28-27(22-19-33-34-20-22)36-29(37-28)21-10-12-23(32)13-11-21/h10-13,19-20,25-26H,3-9,14-18H2,1-2H3,(H,33,34)(H,35,40)(H,36,37)/t25?,26-/m0/s1. The number of carbonyl (C=O) groups is 2. The van der Waals surface area contributed by atoms with Crippen LogP contribution in [0, 0.1) is 17.2 Å². The molecule has 2 fully saturated rings. The highest BCUT2D eigenvalue weighted by Gasteiger charge is 2.58. The monoisotopic (exact) mass is 548 g/mol. The van der Waals surface area contributed by atoms with Crippen molar-refractivity contribution in [1.82, 2.24) is 30.4 Å². The first-order chi connectivity index (χ1) is 19.4. The number of amides is 1. The number of piperidine rings is 1. The Morgan fingerprint density at radius 2 is 1.90 bits per heavy atom. The lowest BCUT2D eigenvalue weighted by Gasteiger charge is -2.32. The van der Waals surface area contributed by atoms with Crippen molar-refractivity contribution < 1.29 is 14.0 Å². The third kappa shape index (κ3) is 6.35. The fourth-order valence-electron chi connectivity index (χ4n) is 6.15. The number of imidazole rings is 1. The predicted molar refractivity (Wildman–Crippen MR) is 153 cm³/mol. The molecule has 2 atom stereocenters. The van der Waals surface area contributed by atoms with Crippen LogP contribution in [0.25, 0.3) is 22.6 Å². The van der Waals surface area contributed by atoms with Gasteiger partial charge in [0.2, 0.25) is 5.91 Å². The molecule has 1 aromatic carbocycles. The molecule has 2 aromatic heterocycles. The number of halogens is 1. The first kappa shape index (κ1) is 28.2. The number of Topliss-reactive ketones (excluding diaryl/α,β-unsaturated/α-hetero) is 1. The number of nitrogens with zero attached hydrogens (tertiary/aromatic N) is 3. The van der Waals surface area contributed by atoms with Crippen LogP contribution in [-0.4, -0.2) is 56.4 Å². The van der Waals surface area contributed by atoms with Crippen LogP contribution in [0.4, 0.5) is 4.39 Å². The molecule has 40 heavy (non-hydrogen) atoms. The molecule has 1 saturated heterocycles. The Hall–Kier alpha value is -3.33. The summed E-state index contributed by atoms with van der Waals surface area (Å²) in [7, 11) is 0. The number of nitrogens with one attached hydrogen (secondary N) is 3. The molecule has 1 aliphatic heterocycles. The van der Waals surface area contributed by atoms with E-state index in [2.05, 4.69) is 32.3 Å². The highest BCUT2D eigenvalue weighted by molar-refractivity contribution is 5.83. The van der Waals surface area contributed by atoms with Gasteiger partial charge < -0.3 is 15.2 Å². The van der Waals surface area contributed by atoms with Crippen molar-refractivity contribution in [3.05, 3.63) is 48.2 Å². The van der Waals surface area contributed by atoms with Crippen LogP contribution in [0.2, 0.25) is 0 Å². The van der Waals surface area contributed by atoms with Crippen molar-refractivity contribution in [2.24, 2.45) is 11.3 Å². The molecule has 0 bridgehead atoms. The summed E-state index contributed by atoms with van der Waals surface area (Å²) in [6, 6.07) is 5.97. The topological polar surface area (TPSA) is 107 Å². The number of hydrogen-bond acceptors (Lipinski definition) is 5. The lowest BCUT2D eigenvalue weighted by Crippen LogP contribution is -2.37. The van der Waals surface area contributed by atoms with Crippen LogP contribution in [0.3, 0.4) is 0 Å². The Morgan fingerprint density at radius 1 is 1.12 bits per heavy atom. The molecular weight excluding hydrogens is 507 g/mol. The number of H-pyrrole nitrogens is 2. The second-order valence-electron chi connectivity index (χ2n) is 11.4. The highest BCUT2D eigenvalue weighted by atomic mass is 19.1. The minimum atomic E-state index is -0.305. The number of ketones is 1. The average Bonchev–Trinajstić information content (AvgIpc) is 3.29. The zero-order valence-corrected chi connectivity index (χ0v) is 23.6. The summed E-state index contributed by atoms with van der Waals surface area (Å²) < 4.78 is 13.6. The van der Waals surface area contributed by atoms with Gasteiger partial charge in [-0.25, -0.2) is 9.37 Å². The summed E-state index contributed by atoms with van der Waals surface area (Å²) in [5.41, 5.74) is 3.28. The van der Waals surface area contributed by atoms with Crippen LogP contribution in [0.1, 0.15) is 83.4 Å². The maximum absolute atomic E-state index is 13.7. The molecular formula is C31H41FN6O2. The molecule has 1 unspecified atom stereocenters. The van der Waals surface area contributed by atoms with Crippen molar-refractivity contribution in [3.8, 4) is 22.6 Å². The van der Waals surface area contributed by atoms with Crippen LogP contribution in [0.15, 0.2) is 36.7 Å². The van der Waals surface area contributed by atoms with E-state index in [0.29, 0.717) is 18.7 Å². The van der Waals surface area contributed by atoms with E-state index >= 15 is 0 Å². The number of unbranched alkanes of at least 4 members (excludes halogenated alkanes) is 2. The number of rotatable bonds is 13. The number of aromatic amines is 2. The molecule has 9 heteroatoms. The molecule has 3 N–H and O–H groups in total. The molecule has 2 aliphatic rings. The normalized spacial score (nSPS) is 19.0. The highest BCUT2D eigenvalue weighted by Crippen LogP contribution is 2.59. The van der Waals surface area contributed by atoms with E-state index in [1.165, 1.54) is 12.1 Å². The molecule has 5 rings (SSSR count). The summed E-state index contributed by atoms with van der Waals surface area (Å²) >= 11 is 0. The van der Waals surface area contributed by atoms with E-state index in [-0.39, 0.29) is 34.9 Å². The van der Waals surface area contributed by atoms with Gasteiger partial charge in [0.15, 0.2) is 0 Å². The Morgan fingerprint density at radius 3 is 2.58 bits per heavy atom. The summed E-state index contributed by atoms with van der Waals surface area (Å²) in [5.74, 6) is 0.771. The second-order valence-corrected chi connectivity index (χ2v) is 11.4. The Balaban J connectivity index is 1.37. The molecule has 214 valence electrons. The van der Waals surface area contributed by atoms with Gasteiger partial charge in [-0.2, -0.15) is 5.10 Å². The smallest absolute Gasteiger partial charge is 0.224 e. The lowest BCUT2D eigenvalue weighted by molar-refractivity contribution is -0.124. The number of benzene rings is 1. The van der Waals surface area contributed by atoms with Crippen LogP contribution >= 0.6 is 0 Å². The van der Waals surface area contributed by atoms with Gasteiger partial charge in [0, 0.05) is 36.1 Å². The van der Waals surface area contributed by atoms with Gasteiger partial charge in [-0.05, 0) is 81.4 Å². The first-order valence-corrected chi connectivity index (χ1v) is 14.8. The molecule has 3 heterocycles. The maximum atomic E-state index is 13.7. The third-order valence-corrected chi connectivity index (χ3v) is 8.93. The molecule has 1 amide bonds. The van der Waals surface area contributed by atoms with E-state index in [1.54, 1.807) is 24.5 Å². The second kappa shape index (κ2) is 12.5. The molecule has 8 nitrogen and oxygen atoms in total. The summed E-state index contributed by atoms with van der Waals surface area (Å²) in [6.45, 7) is 7.28. The van der Waals surface area contributed by atoms with Gasteiger partial charge in [-0.1, -0.05) is 26.7 Å². The van der Waals surface area contributed by atoms with Gasteiger partial charge >= 0.3 is 0 Å². The molecule has 0 radical (unpaired) electrons. The average molecular weight is 549 g/mol. The number of hydrogen-bond donors (Lipinski definition) is 3. The van der Waals surface area contributed by atoms with Crippen molar-refractivity contribution >= 4 is 11.7 Å². The predicted octanol–water partition coefficient (Wildman–Crippen LogP) is 5.81. The van der Waals surface area contributed by atoms with E-state index in [4.69, 9.17) is 4.98 Å². The summed E-state index contributed by atoms with van der Waals surface area (Å²) in [6.07, 6.45) is 11.2. The maximum Gasteiger partial charge on any atom is 0.224 e. The van der Waals surface area contributed by atoms with E-state index in [1.807, 2.05) is 6.92 Å². The summed E-state index contributed by atoms with van der Waals surface area (Å²) in [4.78, 5) is 36.3. The Bertz CT molecular complexity index is 1280.